The second-order valence-electron chi connectivity index (χ2n) is 6.63. The van der Waals surface area contributed by atoms with Gasteiger partial charge in [0.05, 0.1) is 17.2 Å². The molecule has 2 heterocycles. The molecule has 0 saturated carbocycles. The van der Waals surface area contributed by atoms with Gasteiger partial charge in [0, 0.05) is 26.1 Å². The average Bonchev–Trinajstić information content (AvgIpc) is 2.66. The van der Waals surface area contributed by atoms with E-state index in [1.165, 1.54) is 50.4 Å². The molecule has 9 heteroatoms. The number of carbonyl (C=O) groups is 3. The van der Waals surface area contributed by atoms with Crippen LogP contribution >= 0.6 is 11.6 Å². The third-order valence-corrected chi connectivity index (χ3v) is 4.14. The molecule has 1 aliphatic rings. The molecule has 1 aromatic heterocycles. The van der Waals surface area contributed by atoms with E-state index in [9.17, 15) is 14.4 Å². The molecule has 0 spiro atoms. The van der Waals surface area contributed by atoms with Crippen molar-refractivity contribution >= 4 is 35.6 Å². The van der Waals surface area contributed by atoms with E-state index in [1.807, 2.05) is 0 Å². The second kappa shape index (κ2) is 8.54. The van der Waals surface area contributed by atoms with E-state index >= 15 is 0 Å². The minimum Gasteiger partial charge on any atom is -0.462 e. The Hall–Kier alpha value is -3.39. The maximum Gasteiger partial charge on any atom is 0.348 e. The number of halogens is 1. The van der Waals surface area contributed by atoms with Crippen LogP contribution in [0, 0.1) is 0 Å². The molecule has 0 bridgehead atoms. The van der Waals surface area contributed by atoms with Crippen molar-refractivity contribution in [1.29, 1.82) is 0 Å². The molecule has 1 aromatic carbocycles. The Balaban J connectivity index is 1.80. The highest BCUT2D eigenvalue weighted by molar-refractivity contribution is 6.32. The van der Waals surface area contributed by atoms with Gasteiger partial charge in [-0.25, -0.2) is 19.4 Å². The van der Waals surface area contributed by atoms with Crippen LogP contribution in [0.5, 0.6) is 11.6 Å². The number of hydrogen-bond donors (Lipinski definition) is 0. The van der Waals surface area contributed by atoms with Gasteiger partial charge in [-0.1, -0.05) is 17.7 Å². The fourth-order valence-electron chi connectivity index (χ4n) is 2.55. The fourth-order valence-corrected chi connectivity index (χ4v) is 2.78. The lowest BCUT2D eigenvalue weighted by atomic mass is 10.1. The van der Waals surface area contributed by atoms with E-state index < -0.39 is 23.7 Å². The summed E-state index contributed by atoms with van der Waals surface area (Å²) in [6, 6.07) is 7.56. The first-order valence-electron chi connectivity index (χ1n) is 8.97. The molecule has 1 saturated heterocycles. The molecular weight excluding hydrogens is 414 g/mol. The predicted octanol–water partition coefficient (Wildman–Crippen LogP) is 3.92. The summed E-state index contributed by atoms with van der Waals surface area (Å²) in [6.45, 7) is 4.89. The zero-order valence-corrected chi connectivity index (χ0v) is 17.2. The Morgan fingerprint density at radius 1 is 1.17 bits per heavy atom. The van der Waals surface area contributed by atoms with Gasteiger partial charge in [0.25, 0.3) is 5.79 Å². The Morgan fingerprint density at radius 3 is 2.50 bits per heavy atom. The van der Waals surface area contributed by atoms with E-state index in [2.05, 4.69) is 4.98 Å². The highest BCUT2D eigenvalue weighted by atomic mass is 35.5. The van der Waals surface area contributed by atoms with Gasteiger partial charge in [0.15, 0.2) is 0 Å². The third kappa shape index (κ3) is 4.96. The van der Waals surface area contributed by atoms with Gasteiger partial charge in [-0.2, -0.15) is 0 Å². The van der Waals surface area contributed by atoms with Crippen LogP contribution in [0.3, 0.4) is 0 Å². The molecule has 3 rings (SSSR count). The SMILES string of the molecule is CCOC(=O)c1ccnc(Oc2ccc(C=C3C(=O)OC(C)(C)OC3=O)cc2Cl)c1. The van der Waals surface area contributed by atoms with E-state index in [0.717, 1.165) is 0 Å². The van der Waals surface area contributed by atoms with Gasteiger partial charge in [0.1, 0.15) is 11.3 Å². The lowest BCUT2D eigenvalue weighted by Gasteiger charge is -2.29. The first-order valence-corrected chi connectivity index (χ1v) is 9.35. The van der Waals surface area contributed by atoms with E-state index in [1.54, 1.807) is 13.0 Å². The number of nitrogens with zero attached hydrogens (tertiary/aromatic N) is 1. The number of esters is 3. The number of hydrogen-bond acceptors (Lipinski definition) is 8. The number of cyclic esters (lactones) is 2. The molecule has 156 valence electrons. The summed E-state index contributed by atoms with van der Waals surface area (Å²) in [5.41, 5.74) is 0.503. The molecule has 0 amide bonds. The van der Waals surface area contributed by atoms with Crippen LogP contribution < -0.4 is 4.74 Å². The molecule has 0 radical (unpaired) electrons. The minimum atomic E-state index is -1.31. The summed E-state index contributed by atoms with van der Waals surface area (Å²) < 4.78 is 20.7. The molecular formula is C21H18ClNO7. The monoisotopic (exact) mass is 431 g/mol. The molecule has 0 N–H and O–H groups in total. The number of rotatable bonds is 5. The summed E-state index contributed by atoms with van der Waals surface area (Å²) in [5.74, 6) is -2.96. The maximum atomic E-state index is 12.1. The van der Waals surface area contributed by atoms with E-state index in [0.29, 0.717) is 5.56 Å². The first-order chi connectivity index (χ1) is 14.2. The Labute approximate surface area is 177 Å². The highest BCUT2D eigenvalue weighted by Crippen LogP contribution is 2.31. The average molecular weight is 432 g/mol. The van der Waals surface area contributed by atoms with Crippen molar-refractivity contribution in [2.45, 2.75) is 26.6 Å². The largest absolute Gasteiger partial charge is 0.462 e. The Bertz CT molecular complexity index is 1020. The van der Waals surface area contributed by atoms with Crippen LogP contribution in [0.15, 0.2) is 42.1 Å². The topological polar surface area (TPSA) is 101 Å². The zero-order chi connectivity index (χ0) is 21.9. The van der Waals surface area contributed by atoms with Gasteiger partial charge in [-0.3, -0.25) is 0 Å². The van der Waals surface area contributed by atoms with Crippen LogP contribution in [-0.2, 0) is 23.8 Å². The Morgan fingerprint density at radius 2 is 1.87 bits per heavy atom. The smallest absolute Gasteiger partial charge is 0.348 e. The quantitative estimate of drug-likeness (QED) is 0.399. The van der Waals surface area contributed by atoms with E-state index in [4.69, 9.17) is 30.5 Å². The lowest BCUT2D eigenvalue weighted by Crippen LogP contribution is -2.41. The summed E-state index contributed by atoms with van der Waals surface area (Å²) in [4.78, 5) is 40.0. The number of pyridine rings is 1. The van der Waals surface area contributed by atoms with Crippen molar-refractivity contribution in [1.82, 2.24) is 4.98 Å². The molecule has 0 aliphatic carbocycles. The highest BCUT2D eigenvalue weighted by Gasteiger charge is 2.38. The van der Waals surface area contributed by atoms with Crippen molar-refractivity contribution in [3.63, 3.8) is 0 Å². The second-order valence-corrected chi connectivity index (χ2v) is 7.04. The summed E-state index contributed by atoms with van der Waals surface area (Å²) >= 11 is 6.26. The van der Waals surface area contributed by atoms with Crippen molar-refractivity contribution < 1.29 is 33.3 Å². The number of ether oxygens (including phenoxy) is 4. The van der Waals surface area contributed by atoms with Crippen molar-refractivity contribution in [3.05, 3.63) is 58.3 Å². The number of aromatic nitrogens is 1. The molecule has 0 unspecified atom stereocenters. The van der Waals surface area contributed by atoms with Crippen LogP contribution in [-0.4, -0.2) is 35.3 Å². The van der Waals surface area contributed by atoms with Gasteiger partial charge in [0.2, 0.25) is 5.88 Å². The van der Waals surface area contributed by atoms with Crippen LogP contribution in [0.4, 0.5) is 0 Å². The number of benzene rings is 1. The van der Waals surface area contributed by atoms with Crippen LogP contribution in [0.1, 0.15) is 36.7 Å². The standard InChI is InChI=1S/C21H18ClNO7/c1-4-27-18(24)13-7-8-23-17(11-13)28-16-6-5-12(10-15(16)22)9-14-19(25)29-21(2,3)30-20(14)26/h5-11H,4H2,1-3H3. The first kappa shape index (κ1) is 21.3. The normalized spacial score (nSPS) is 15.1. The predicted molar refractivity (Wildman–Crippen MR) is 106 cm³/mol. The molecule has 1 aliphatic heterocycles. The van der Waals surface area contributed by atoms with Crippen molar-refractivity contribution in [2.75, 3.05) is 6.61 Å². The molecule has 8 nitrogen and oxygen atoms in total. The van der Waals surface area contributed by atoms with Crippen LogP contribution in [0.25, 0.3) is 6.08 Å². The summed E-state index contributed by atoms with van der Waals surface area (Å²) in [7, 11) is 0. The van der Waals surface area contributed by atoms with E-state index in [-0.39, 0.29) is 34.4 Å². The fraction of sp³-hybridized carbons (Fsp3) is 0.238. The summed E-state index contributed by atoms with van der Waals surface area (Å²) in [5, 5.41) is 0.200. The van der Waals surface area contributed by atoms with Gasteiger partial charge in [-0.15, -0.1) is 0 Å². The van der Waals surface area contributed by atoms with Gasteiger partial charge >= 0.3 is 17.9 Å². The molecule has 30 heavy (non-hydrogen) atoms. The third-order valence-electron chi connectivity index (χ3n) is 3.84. The van der Waals surface area contributed by atoms with Gasteiger partial charge in [-0.05, 0) is 36.8 Å². The zero-order valence-electron chi connectivity index (χ0n) is 16.4. The molecule has 2 aromatic rings. The molecule has 0 atom stereocenters. The van der Waals surface area contributed by atoms with Crippen LogP contribution in [0.2, 0.25) is 5.02 Å². The molecule has 1 fully saturated rings. The Kier molecular flexibility index (Phi) is 6.07. The van der Waals surface area contributed by atoms with Crippen molar-refractivity contribution in [3.8, 4) is 11.6 Å². The van der Waals surface area contributed by atoms with Gasteiger partial charge < -0.3 is 18.9 Å². The maximum absolute atomic E-state index is 12.1. The lowest BCUT2D eigenvalue weighted by molar-refractivity contribution is -0.222. The number of carbonyl (C=O) groups excluding carboxylic acids is 3. The minimum absolute atomic E-state index is 0.148. The van der Waals surface area contributed by atoms with Crippen molar-refractivity contribution in [2.24, 2.45) is 0 Å². The summed E-state index contributed by atoms with van der Waals surface area (Å²) in [6.07, 6.45) is 2.73.